The van der Waals surface area contributed by atoms with Crippen molar-refractivity contribution in [3.63, 3.8) is 0 Å². The van der Waals surface area contributed by atoms with Crippen LogP contribution in [0, 0.1) is 0 Å². The van der Waals surface area contributed by atoms with Gasteiger partial charge in [0.1, 0.15) is 18.6 Å². The fourth-order valence-corrected chi connectivity index (χ4v) is 5.20. The Kier molecular flexibility index (Phi) is 25.6. The molecule has 0 aliphatic rings. The summed E-state index contributed by atoms with van der Waals surface area (Å²) in [5.41, 5.74) is 1.87. The third-order valence-electron chi connectivity index (χ3n) is 8.18. The number of carbonyl (C=O) groups excluding carboxylic acids is 3. The molecule has 18 heteroatoms. The number of aromatic nitrogens is 2. The summed E-state index contributed by atoms with van der Waals surface area (Å²) in [4.78, 5) is 90.3. The van der Waals surface area contributed by atoms with Crippen molar-refractivity contribution < 1.29 is 54.0 Å². The van der Waals surface area contributed by atoms with Crippen molar-refractivity contribution in [2.45, 2.75) is 116 Å². The van der Waals surface area contributed by atoms with Crippen LogP contribution in [0.3, 0.4) is 0 Å². The van der Waals surface area contributed by atoms with Crippen molar-refractivity contribution in [2.75, 3.05) is 19.6 Å². The minimum Gasteiger partial charge on any atom is -0.481 e. The lowest BCUT2D eigenvalue weighted by Crippen LogP contribution is -2.47. The maximum atomic E-state index is 12.5. The number of unbranched alkanes of at least 4 members (excludes halogenated alkanes) is 5. The molecular weight excluding hydrogens is 730 g/mol. The van der Waals surface area contributed by atoms with E-state index in [1.54, 1.807) is 19.3 Å². The number of hydrogen-bond acceptors (Lipinski definition) is 10. The van der Waals surface area contributed by atoms with Gasteiger partial charge in [0.2, 0.25) is 11.8 Å². The number of aliphatic carboxylic acids is 4. The number of amides is 4. The first-order valence-corrected chi connectivity index (χ1v) is 18.8. The molecule has 310 valence electrons. The summed E-state index contributed by atoms with van der Waals surface area (Å²) < 4.78 is 0. The molecule has 2 aromatic heterocycles. The van der Waals surface area contributed by atoms with Crippen LogP contribution in [0.1, 0.15) is 102 Å². The summed E-state index contributed by atoms with van der Waals surface area (Å²) in [5.74, 6) is -4.76. The van der Waals surface area contributed by atoms with E-state index in [1.165, 1.54) is 0 Å². The van der Waals surface area contributed by atoms with E-state index in [1.807, 2.05) is 41.7 Å². The van der Waals surface area contributed by atoms with Crippen LogP contribution in [-0.4, -0.2) is 109 Å². The second kappa shape index (κ2) is 29.7. The first-order chi connectivity index (χ1) is 26.8. The maximum Gasteiger partial charge on any atom is 0.326 e. The molecule has 4 amide bonds. The molecule has 2 heterocycles. The minimum atomic E-state index is -1.25. The largest absolute Gasteiger partial charge is 0.481 e. The Labute approximate surface area is 326 Å². The quantitative estimate of drug-likeness (QED) is 0.0576. The van der Waals surface area contributed by atoms with Gasteiger partial charge in [-0.2, -0.15) is 0 Å². The molecule has 2 atom stereocenters. The Morgan fingerprint density at radius 1 is 0.625 bits per heavy atom. The van der Waals surface area contributed by atoms with Gasteiger partial charge in [-0.05, 0) is 82.2 Å². The molecule has 0 spiro atoms. The molecule has 56 heavy (non-hydrogen) atoms. The lowest BCUT2D eigenvalue weighted by atomic mass is 10.1. The predicted octanol–water partition coefficient (Wildman–Crippen LogP) is 3.16. The first kappa shape index (κ1) is 48.4. The summed E-state index contributed by atoms with van der Waals surface area (Å²) in [6, 6.07) is 8.52. The predicted molar refractivity (Wildman–Crippen MR) is 204 cm³/mol. The van der Waals surface area contributed by atoms with E-state index < -0.39 is 48.5 Å². The Bertz CT molecular complexity index is 1440. The molecule has 8 N–H and O–H groups in total. The number of carboxylic acids is 4. The fourth-order valence-electron chi connectivity index (χ4n) is 5.20. The lowest BCUT2D eigenvalue weighted by Gasteiger charge is -2.22. The fraction of sp³-hybridized carbons (Fsp3) is 0.553. The molecule has 0 aliphatic heterocycles. The monoisotopic (exact) mass is 787 g/mol. The summed E-state index contributed by atoms with van der Waals surface area (Å²) in [5, 5.41) is 44.9. The van der Waals surface area contributed by atoms with Crippen LogP contribution >= 0.6 is 0 Å². The smallest absolute Gasteiger partial charge is 0.326 e. The second-order valence-electron chi connectivity index (χ2n) is 12.9. The van der Waals surface area contributed by atoms with Gasteiger partial charge in [-0.15, -0.1) is 0 Å². The average molecular weight is 788 g/mol. The number of carbonyl (C=O) groups is 7. The van der Waals surface area contributed by atoms with Crippen molar-refractivity contribution in [2.24, 2.45) is 0 Å². The van der Waals surface area contributed by atoms with Gasteiger partial charge in [0.25, 0.3) is 0 Å². The van der Waals surface area contributed by atoms with Crippen LogP contribution in [0.5, 0.6) is 0 Å². The third kappa shape index (κ3) is 25.4. The summed E-state index contributed by atoms with van der Waals surface area (Å²) in [6.07, 6.45) is 9.58. The summed E-state index contributed by atoms with van der Waals surface area (Å²) in [6.45, 7) is 3.31. The Morgan fingerprint density at radius 3 is 1.62 bits per heavy atom. The van der Waals surface area contributed by atoms with E-state index >= 15 is 0 Å². The van der Waals surface area contributed by atoms with Crippen LogP contribution in [0.15, 0.2) is 48.8 Å². The number of hydrogen-bond donors (Lipinski definition) is 8. The summed E-state index contributed by atoms with van der Waals surface area (Å²) in [7, 11) is 0. The Balaban J connectivity index is 0.00000293. The number of rotatable bonds is 28. The van der Waals surface area contributed by atoms with E-state index in [9.17, 15) is 43.8 Å². The molecule has 0 radical (unpaired) electrons. The lowest BCUT2D eigenvalue weighted by molar-refractivity contribution is -0.142. The van der Waals surface area contributed by atoms with Crippen molar-refractivity contribution in [1.82, 2.24) is 36.1 Å². The topological polar surface area (TPSA) is 278 Å². The summed E-state index contributed by atoms with van der Waals surface area (Å²) >= 11 is 0. The molecule has 0 saturated heterocycles. The molecule has 2 rings (SSSR count). The minimum absolute atomic E-state index is 0.117. The number of nitrogens with one attached hydrogen (secondary N) is 4. The molecule has 0 bridgehead atoms. The number of urea groups is 1. The average Bonchev–Trinajstić information content (AvgIpc) is 3.16. The van der Waals surface area contributed by atoms with Crippen molar-refractivity contribution in [1.29, 1.82) is 0 Å². The van der Waals surface area contributed by atoms with Gasteiger partial charge in [-0.3, -0.25) is 34.0 Å². The molecular formula is C38H57N7O11. The Hall–Kier alpha value is -5.65. The van der Waals surface area contributed by atoms with Crippen molar-refractivity contribution >= 4 is 41.7 Å². The van der Waals surface area contributed by atoms with Crippen molar-refractivity contribution in [3.8, 4) is 0 Å². The van der Waals surface area contributed by atoms with Crippen LogP contribution in [0.25, 0.3) is 0 Å². The molecule has 0 fully saturated rings. The van der Waals surface area contributed by atoms with E-state index in [2.05, 4.69) is 30.8 Å². The number of pyridine rings is 2. The zero-order valence-electron chi connectivity index (χ0n) is 32.0. The zero-order chi connectivity index (χ0) is 41.6. The zero-order valence-corrected chi connectivity index (χ0v) is 32.0. The van der Waals surface area contributed by atoms with Crippen LogP contribution in [-0.2, 0) is 41.9 Å². The van der Waals surface area contributed by atoms with E-state index in [-0.39, 0.29) is 31.1 Å². The normalized spacial score (nSPS) is 11.6. The van der Waals surface area contributed by atoms with Crippen LogP contribution < -0.4 is 21.3 Å². The highest BCUT2D eigenvalue weighted by molar-refractivity contribution is 5.85. The van der Waals surface area contributed by atoms with E-state index in [4.69, 9.17) is 10.2 Å². The molecule has 18 nitrogen and oxygen atoms in total. The Morgan fingerprint density at radius 2 is 1.14 bits per heavy atom. The highest BCUT2D eigenvalue weighted by Gasteiger charge is 2.21. The number of carboxylic acid groups (broad SMARTS) is 4. The van der Waals surface area contributed by atoms with Gasteiger partial charge in [-0.1, -0.05) is 31.9 Å². The van der Waals surface area contributed by atoms with Gasteiger partial charge in [0, 0.05) is 51.3 Å². The number of nitrogens with zero attached hydrogens (tertiary/aromatic N) is 3. The van der Waals surface area contributed by atoms with Gasteiger partial charge >= 0.3 is 29.9 Å². The highest BCUT2D eigenvalue weighted by atomic mass is 16.4. The van der Waals surface area contributed by atoms with Gasteiger partial charge < -0.3 is 41.7 Å². The third-order valence-corrected chi connectivity index (χ3v) is 8.18. The first-order valence-electron chi connectivity index (χ1n) is 18.8. The van der Waals surface area contributed by atoms with Gasteiger partial charge in [0.15, 0.2) is 0 Å². The SMILES string of the molecule is CCC(=O)O.O=C(O)CNC(=O)NC(CCCCNC(=O)CCCCCCC(=O)NC(CCCCN(Cc1ccccn1)Cc1ccccn1)C(=O)O)C(=O)O. The van der Waals surface area contributed by atoms with Crippen molar-refractivity contribution in [3.05, 3.63) is 60.2 Å². The molecule has 0 saturated carbocycles. The molecule has 0 aliphatic carbocycles. The second-order valence-corrected chi connectivity index (χ2v) is 12.9. The van der Waals surface area contributed by atoms with Gasteiger partial charge in [0.05, 0.1) is 11.4 Å². The maximum absolute atomic E-state index is 12.5. The van der Waals surface area contributed by atoms with E-state index in [0.29, 0.717) is 71.0 Å². The van der Waals surface area contributed by atoms with Crippen LogP contribution in [0.2, 0.25) is 0 Å². The standard InChI is InChI=1S/C35H51N7O9.C3H6O2/c43-30(38-21-11-7-15-29(34(49)50)41-35(51)39-23-32(45)46)17-3-1-2-4-18-31(44)40-28(33(47)48)16-8-12-22-42(24-26-13-5-9-19-36-26)25-27-14-6-10-20-37-27;1-2-3(4)5/h5-6,9-10,13-14,19-20,28-29H,1-4,7-8,11-12,15-18,21-25H2,(H,38,43)(H,40,44)(H,45,46)(H,47,48)(H,49,50)(H2,39,41,51);2H2,1H3,(H,4,5). The highest BCUT2D eigenvalue weighted by Crippen LogP contribution is 2.11. The van der Waals surface area contributed by atoms with Gasteiger partial charge in [-0.25, -0.2) is 14.4 Å². The van der Waals surface area contributed by atoms with Crippen LogP contribution in [0.4, 0.5) is 4.79 Å². The molecule has 2 unspecified atom stereocenters. The van der Waals surface area contributed by atoms with E-state index in [0.717, 1.165) is 30.8 Å². The molecule has 2 aromatic rings. The molecule has 0 aromatic carbocycles.